The van der Waals surface area contributed by atoms with Crippen molar-refractivity contribution in [2.45, 2.75) is 57.4 Å². The summed E-state index contributed by atoms with van der Waals surface area (Å²) >= 11 is 2.03. The van der Waals surface area contributed by atoms with Crippen molar-refractivity contribution in [3.8, 4) is 0 Å². The van der Waals surface area contributed by atoms with E-state index in [0.717, 1.165) is 12.5 Å². The molecule has 0 radical (unpaired) electrons. The first kappa shape index (κ1) is 14.9. The van der Waals surface area contributed by atoms with Gasteiger partial charge in [-0.05, 0) is 50.8 Å². The van der Waals surface area contributed by atoms with Crippen molar-refractivity contribution in [3.05, 3.63) is 29.3 Å². The molecule has 0 heterocycles. The highest BCUT2D eigenvalue weighted by Crippen LogP contribution is 2.31. The van der Waals surface area contributed by atoms with E-state index >= 15 is 0 Å². The molecule has 0 bridgehead atoms. The predicted octanol–water partition coefficient (Wildman–Crippen LogP) is 4.56. The minimum absolute atomic E-state index is 0.693. The average molecular weight is 277 g/mol. The lowest BCUT2D eigenvalue weighted by Crippen LogP contribution is -2.37. The van der Waals surface area contributed by atoms with E-state index in [-0.39, 0.29) is 0 Å². The Bertz CT molecular complexity index is 396. The fourth-order valence-corrected chi connectivity index (χ4v) is 4.32. The Hall–Kier alpha value is -0.470. The van der Waals surface area contributed by atoms with Crippen LogP contribution in [0.5, 0.6) is 0 Å². The molecule has 1 aliphatic carbocycles. The van der Waals surface area contributed by atoms with Crippen LogP contribution < -0.4 is 5.32 Å². The van der Waals surface area contributed by atoms with E-state index in [1.165, 1.54) is 47.5 Å². The second kappa shape index (κ2) is 7.35. The summed E-state index contributed by atoms with van der Waals surface area (Å²) < 4.78 is 0. The third-order valence-electron chi connectivity index (χ3n) is 4.18. The van der Waals surface area contributed by atoms with Crippen LogP contribution in [0.4, 0.5) is 0 Å². The molecule has 0 amide bonds. The molecule has 1 aliphatic rings. The molecule has 0 spiro atoms. The number of benzene rings is 1. The molecule has 2 heteroatoms. The van der Waals surface area contributed by atoms with Crippen LogP contribution in [-0.4, -0.2) is 18.3 Å². The van der Waals surface area contributed by atoms with Crippen LogP contribution in [0.3, 0.4) is 0 Å². The van der Waals surface area contributed by atoms with E-state index in [1.807, 2.05) is 11.8 Å². The molecule has 19 heavy (non-hydrogen) atoms. The third-order valence-corrected chi connectivity index (χ3v) is 5.48. The van der Waals surface area contributed by atoms with Gasteiger partial charge in [0.2, 0.25) is 0 Å². The summed E-state index contributed by atoms with van der Waals surface area (Å²) in [6, 6.07) is 7.50. The lowest BCUT2D eigenvalue weighted by molar-refractivity contribution is 0.394. The van der Waals surface area contributed by atoms with Gasteiger partial charge in [0.05, 0.1) is 0 Å². The lowest BCUT2D eigenvalue weighted by Gasteiger charge is -2.24. The van der Waals surface area contributed by atoms with Crippen LogP contribution in [0.15, 0.2) is 23.1 Å². The van der Waals surface area contributed by atoms with Crippen LogP contribution in [-0.2, 0) is 0 Å². The highest BCUT2D eigenvalue weighted by molar-refractivity contribution is 7.99. The molecule has 0 aliphatic heterocycles. The van der Waals surface area contributed by atoms with E-state index in [9.17, 15) is 0 Å². The Kier molecular flexibility index (Phi) is 5.77. The molecule has 1 unspecified atom stereocenters. The van der Waals surface area contributed by atoms with E-state index in [1.54, 1.807) is 0 Å². The standard InChI is InChI=1S/C17H27NS/c1-4-18-16(15-7-5-6-8-15)12-19-17-10-9-13(2)11-14(17)3/h9-11,15-16,18H,4-8,12H2,1-3H3. The first-order valence-electron chi connectivity index (χ1n) is 7.64. The molecule has 1 aromatic carbocycles. The number of hydrogen-bond donors (Lipinski definition) is 1. The van der Waals surface area contributed by atoms with E-state index < -0.39 is 0 Å². The Morgan fingerprint density at radius 3 is 2.63 bits per heavy atom. The van der Waals surface area contributed by atoms with Crippen LogP contribution in [0.1, 0.15) is 43.7 Å². The van der Waals surface area contributed by atoms with E-state index in [4.69, 9.17) is 0 Å². The zero-order valence-corrected chi connectivity index (χ0v) is 13.4. The maximum absolute atomic E-state index is 3.70. The molecular formula is C17H27NS. The monoisotopic (exact) mass is 277 g/mol. The first-order chi connectivity index (χ1) is 9.20. The molecule has 1 saturated carbocycles. The number of aryl methyl sites for hydroxylation is 2. The van der Waals surface area contributed by atoms with Gasteiger partial charge in [-0.25, -0.2) is 0 Å². The zero-order valence-electron chi connectivity index (χ0n) is 12.5. The predicted molar refractivity (Wildman–Crippen MR) is 86.1 cm³/mol. The molecular weight excluding hydrogens is 250 g/mol. The minimum Gasteiger partial charge on any atom is -0.313 e. The van der Waals surface area contributed by atoms with Gasteiger partial charge in [-0.3, -0.25) is 0 Å². The summed E-state index contributed by atoms with van der Waals surface area (Å²) in [5.41, 5.74) is 2.78. The highest BCUT2D eigenvalue weighted by Gasteiger charge is 2.24. The van der Waals surface area contributed by atoms with Gasteiger partial charge in [0.25, 0.3) is 0 Å². The summed E-state index contributed by atoms with van der Waals surface area (Å²) in [7, 11) is 0. The molecule has 1 nitrogen and oxygen atoms in total. The number of hydrogen-bond acceptors (Lipinski definition) is 2. The summed E-state index contributed by atoms with van der Waals surface area (Å²) in [4.78, 5) is 1.45. The van der Waals surface area contributed by atoms with Crippen molar-refractivity contribution in [2.75, 3.05) is 12.3 Å². The number of nitrogens with one attached hydrogen (secondary N) is 1. The van der Waals surface area contributed by atoms with Gasteiger partial charge >= 0.3 is 0 Å². The number of thioether (sulfide) groups is 1. The Morgan fingerprint density at radius 1 is 1.26 bits per heavy atom. The molecule has 1 aromatic rings. The largest absolute Gasteiger partial charge is 0.313 e. The summed E-state index contributed by atoms with van der Waals surface area (Å²) in [6.45, 7) is 7.72. The van der Waals surface area contributed by atoms with Crippen molar-refractivity contribution in [2.24, 2.45) is 5.92 Å². The molecule has 0 saturated heterocycles. The fourth-order valence-electron chi connectivity index (χ4n) is 3.12. The second-order valence-electron chi connectivity index (χ2n) is 5.79. The summed E-state index contributed by atoms with van der Waals surface area (Å²) in [5.74, 6) is 2.11. The highest BCUT2D eigenvalue weighted by atomic mass is 32.2. The average Bonchev–Trinajstić information content (AvgIpc) is 2.90. The molecule has 0 aromatic heterocycles. The molecule has 1 atom stereocenters. The van der Waals surface area contributed by atoms with Gasteiger partial charge in [-0.15, -0.1) is 11.8 Å². The minimum atomic E-state index is 0.693. The second-order valence-corrected chi connectivity index (χ2v) is 6.85. The van der Waals surface area contributed by atoms with Gasteiger partial charge in [-0.2, -0.15) is 0 Å². The van der Waals surface area contributed by atoms with Gasteiger partial charge < -0.3 is 5.32 Å². The van der Waals surface area contributed by atoms with Crippen LogP contribution >= 0.6 is 11.8 Å². The molecule has 1 fully saturated rings. The van der Waals surface area contributed by atoms with E-state index in [2.05, 4.69) is 44.3 Å². The van der Waals surface area contributed by atoms with Crippen molar-refractivity contribution < 1.29 is 0 Å². The van der Waals surface area contributed by atoms with Crippen molar-refractivity contribution >= 4 is 11.8 Å². The van der Waals surface area contributed by atoms with Crippen molar-refractivity contribution in [3.63, 3.8) is 0 Å². The SMILES string of the molecule is CCNC(CSc1ccc(C)cc1C)C1CCCC1. The van der Waals surface area contributed by atoms with Gasteiger partial charge in [-0.1, -0.05) is 37.5 Å². The van der Waals surface area contributed by atoms with Gasteiger partial charge in [0.1, 0.15) is 0 Å². The maximum Gasteiger partial charge on any atom is 0.0189 e. The first-order valence-corrected chi connectivity index (χ1v) is 8.62. The zero-order chi connectivity index (χ0) is 13.7. The van der Waals surface area contributed by atoms with Crippen LogP contribution in [0.25, 0.3) is 0 Å². The molecule has 2 rings (SSSR count). The number of rotatable bonds is 6. The van der Waals surface area contributed by atoms with E-state index in [0.29, 0.717) is 6.04 Å². The van der Waals surface area contributed by atoms with Crippen molar-refractivity contribution in [1.29, 1.82) is 0 Å². The summed E-state index contributed by atoms with van der Waals surface area (Å²) in [5, 5.41) is 3.70. The van der Waals surface area contributed by atoms with Gasteiger partial charge in [0, 0.05) is 16.7 Å². The third kappa shape index (κ3) is 4.25. The fraction of sp³-hybridized carbons (Fsp3) is 0.647. The Balaban J connectivity index is 1.93. The van der Waals surface area contributed by atoms with Crippen LogP contribution in [0, 0.1) is 19.8 Å². The van der Waals surface area contributed by atoms with Gasteiger partial charge in [0.15, 0.2) is 0 Å². The van der Waals surface area contributed by atoms with Crippen molar-refractivity contribution in [1.82, 2.24) is 5.32 Å². The normalized spacial score (nSPS) is 17.8. The Morgan fingerprint density at radius 2 is 2.00 bits per heavy atom. The lowest BCUT2D eigenvalue weighted by atomic mass is 10.00. The quantitative estimate of drug-likeness (QED) is 0.765. The maximum atomic E-state index is 3.70. The Labute approximate surface area is 122 Å². The van der Waals surface area contributed by atoms with Crippen LogP contribution in [0.2, 0.25) is 0 Å². The smallest absolute Gasteiger partial charge is 0.0189 e. The summed E-state index contributed by atoms with van der Waals surface area (Å²) in [6.07, 6.45) is 5.71. The topological polar surface area (TPSA) is 12.0 Å². The molecule has 106 valence electrons. The molecule has 1 N–H and O–H groups in total.